The van der Waals surface area contributed by atoms with Crippen molar-refractivity contribution in [3.63, 3.8) is 0 Å². The van der Waals surface area contributed by atoms with E-state index in [9.17, 15) is 4.79 Å². The molecule has 0 fully saturated rings. The summed E-state index contributed by atoms with van der Waals surface area (Å²) in [5.41, 5.74) is 0.802. The summed E-state index contributed by atoms with van der Waals surface area (Å²) in [6.07, 6.45) is 13.2. The maximum Gasteiger partial charge on any atom is 0.149 e. The number of aldehydes is 1. The van der Waals surface area contributed by atoms with Crippen LogP contribution in [0.5, 0.6) is 0 Å². The molecule has 1 rings (SSSR count). The summed E-state index contributed by atoms with van der Waals surface area (Å²) in [4.78, 5) is 10.3. The zero-order chi connectivity index (χ0) is 8.81. The molecule has 1 heteroatoms. The molecule has 0 spiro atoms. The number of carbonyl (C=O) groups is 1. The molecular formula is C11H14O. The highest BCUT2D eigenvalue weighted by Gasteiger charge is 2.03. The maximum atomic E-state index is 10.3. The van der Waals surface area contributed by atoms with Gasteiger partial charge in [-0.2, -0.15) is 0 Å². The summed E-state index contributed by atoms with van der Waals surface area (Å²) < 4.78 is 0. The van der Waals surface area contributed by atoms with Crippen LogP contribution in [0.4, 0.5) is 0 Å². The molecule has 1 aliphatic rings. The summed E-state index contributed by atoms with van der Waals surface area (Å²) in [7, 11) is 0. The molecule has 0 radical (unpaired) electrons. The Labute approximate surface area is 73.5 Å². The molecule has 12 heavy (non-hydrogen) atoms. The van der Waals surface area contributed by atoms with E-state index in [1.54, 1.807) is 0 Å². The highest BCUT2D eigenvalue weighted by atomic mass is 16.1. The van der Waals surface area contributed by atoms with Crippen LogP contribution in [0.25, 0.3) is 0 Å². The molecule has 1 aliphatic carbocycles. The van der Waals surface area contributed by atoms with Crippen molar-refractivity contribution in [2.45, 2.75) is 19.8 Å². The van der Waals surface area contributed by atoms with E-state index in [0.29, 0.717) is 5.92 Å². The third kappa shape index (κ3) is 2.50. The Morgan fingerprint density at radius 1 is 1.67 bits per heavy atom. The van der Waals surface area contributed by atoms with Gasteiger partial charge in [0.05, 0.1) is 0 Å². The minimum absolute atomic E-state index is 0.494. The molecule has 1 nitrogen and oxygen atoms in total. The first-order valence-corrected chi connectivity index (χ1v) is 4.37. The van der Waals surface area contributed by atoms with Crippen LogP contribution < -0.4 is 0 Å². The Hall–Kier alpha value is -1.11. The van der Waals surface area contributed by atoms with Gasteiger partial charge in [0.25, 0.3) is 0 Å². The quantitative estimate of drug-likeness (QED) is 0.460. The lowest BCUT2D eigenvalue weighted by Gasteiger charge is -2.08. The average Bonchev–Trinajstić information content (AvgIpc) is 2.15. The van der Waals surface area contributed by atoms with E-state index in [4.69, 9.17) is 0 Å². The van der Waals surface area contributed by atoms with Crippen LogP contribution >= 0.6 is 0 Å². The molecule has 0 N–H and O–H groups in total. The van der Waals surface area contributed by atoms with Crippen molar-refractivity contribution in [2.75, 3.05) is 0 Å². The van der Waals surface area contributed by atoms with Gasteiger partial charge >= 0.3 is 0 Å². The summed E-state index contributed by atoms with van der Waals surface area (Å²) in [6.45, 7) is 2.12. The first-order chi connectivity index (χ1) is 5.86. The molecule has 0 aromatic carbocycles. The number of hydrogen-bond donors (Lipinski definition) is 0. The number of hydrogen-bond acceptors (Lipinski definition) is 1. The van der Waals surface area contributed by atoms with E-state index in [0.717, 1.165) is 24.7 Å². The molecule has 0 aromatic heterocycles. The Morgan fingerprint density at radius 2 is 2.50 bits per heavy atom. The summed E-state index contributed by atoms with van der Waals surface area (Å²) in [5.74, 6) is 0.494. The zero-order valence-electron chi connectivity index (χ0n) is 7.36. The molecule has 0 saturated heterocycles. The van der Waals surface area contributed by atoms with Gasteiger partial charge in [0.1, 0.15) is 6.29 Å². The van der Waals surface area contributed by atoms with Crippen LogP contribution in [0.2, 0.25) is 0 Å². The molecule has 0 amide bonds. The van der Waals surface area contributed by atoms with Gasteiger partial charge < -0.3 is 0 Å². The van der Waals surface area contributed by atoms with Gasteiger partial charge in [0, 0.05) is 5.57 Å². The van der Waals surface area contributed by atoms with Crippen LogP contribution in [0.3, 0.4) is 0 Å². The smallest absolute Gasteiger partial charge is 0.149 e. The Balaban J connectivity index is 2.48. The number of carbonyl (C=O) groups excluding carboxylic acids is 1. The van der Waals surface area contributed by atoms with Crippen molar-refractivity contribution in [3.8, 4) is 0 Å². The highest BCUT2D eigenvalue weighted by molar-refractivity contribution is 5.77. The van der Waals surface area contributed by atoms with Gasteiger partial charge in [-0.25, -0.2) is 0 Å². The summed E-state index contributed by atoms with van der Waals surface area (Å²) >= 11 is 0. The highest BCUT2D eigenvalue weighted by Crippen LogP contribution is 2.16. The fourth-order valence-electron chi connectivity index (χ4n) is 1.19. The van der Waals surface area contributed by atoms with Crippen molar-refractivity contribution in [1.82, 2.24) is 0 Å². The van der Waals surface area contributed by atoms with E-state index in [1.165, 1.54) is 0 Å². The molecule has 64 valence electrons. The van der Waals surface area contributed by atoms with Crippen LogP contribution in [0, 0.1) is 5.92 Å². The fraction of sp³-hybridized carbons (Fsp3) is 0.364. The van der Waals surface area contributed by atoms with Crippen molar-refractivity contribution >= 4 is 6.29 Å². The predicted molar refractivity (Wildman–Crippen MR) is 50.8 cm³/mol. The van der Waals surface area contributed by atoms with E-state index in [-0.39, 0.29) is 0 Å². The van der Waals surface area contributed by atoms with Crippen LogP contribution in [-0.4, -0.2) is 6.29 Å². The van der Waals surface area contributed by atoms with E-state index >= 15 is 0 Å². The molecule has 0 aliphatic heterocycles. The Morgan fingerprint density at radius 3 is 3.00 bits per heavy atom. The molecular weight excluding hydrogens is 148 g/mol. The lowest BCUT2D eigenvalue weighted by Crippen LogP contribution is -1.96. The topological polar surface area (TPSA) is 17.1 Å². The lowest BCUT2D eigenvalue weighted by atomic mass is 9.97. The minimum atomic E-state index is 0.494. The van der Waals surface area contributed by atoms with Crippen LogP contribution in [0.1, 0.15) is 19.8 Å². The second kappa shape index (κ2) is 4.70. The number of allylic oxidation sites excluding steroid dienone is 6. The van der Waals surface area contributed by atoms with Crippen molar-refractivity contribution < 1.29 is 4.79 Å². The molecule has 0 saturated carbocycles. The van der Waals surface area contributed by atoms with Crippen molar-refractivity contribution in [3.05, 3.63) is 36.0 Å². The van der Waals surface area contributed by atoms with Gasteiger partial charge in [-0.15, -0.1) is 0 Å². The number of rotatable bonds is 3. The van der Waals surface area contributed by atoms with Crippen LogP contribution in [-0.2, 0) is 4.79 Å². The molecule has 1 atom stereocenters. The van der Waals surface area contributed by atoms with E-state index < -0.39 is 0 Å². The standard InChI is InChI=1S/C11H14O/c1-2-3-4-10-5-7-11(9-12)8-6-10/h3-5,7-10H,2,6H2,1H3/b4-3+. The van der Waals surface area contributed by atoms with Gasteiger partial charge in [0.2, 0.25) is 0 Å². The lowest BCUT2D eigenvalue weighted by molar-refractivity contribution is -0.104. The van der Waals surface area contributed by atoms with Gasteiger partial charge in [-0.3, -0.25) is 4.79 Å². The average molecular weight is 162 g/mol. The Kier molecular flexibility index (Phi) is 3.52. The molecule has 0 bridgehead atoms. The zero-order valence-corrected chi connectivity index (χ0v) is 7.36. The van der Waals surface area contributed by atoms with E-state index in [2.05, 4.69) is 25.2 Å². The SMILES string of the molecule is CC/C=C/C1C=CC(C=O)=CC1. The fourth-order valence-corrected chi connectivity index (χ4v) is 1.19. The summed E-state index contributed by atoms with van der Waals surface area (Å²) in [5, 5.41) is 0. The third-order valence-electron chi connectivity index (χ3n) is 1.92. The first-order valence-electron chi connectivity index (χ1n) is 4.37. The second-order valence-corrected chi connectivity index (χ2v) is 2.92. The van der Waals surface area contributed by atoms with Crippen LogP contribution in [0.15, 0.2) is 36.0 Å². The maximum absolute atomic E-state index is 10.3. The Bertz CT molecular complexity index is 233. The second-order valence-electron chi connectivity index (χ2n) is 2.92. The summed E-state index contributed by atoms with van der Waals surface area (Å²) in [6, 6.07) is 0. The molecule has 0 heterocycles. The largest absolute Gasteiger partial charge is 0.298 e. The monoisotopic (exact) mass is 162 g/mol. The third-order valence-corrected chi connectivity index (χ3v) is 1.92. The molecule has 1 unspecified atom stereocenters. The predicted octanol–water partition coefficient (Wildman–Crippen LogP) is 2.65. The normalized spacial score (nSPS) is 22.8. The molecule has 0 aromatic rings. The van der Waals surface area contributed by atoms with E-state index in [1.807, 2.05) is 12.2 Å². The van der Waals surface area contributed by atoms with Gasteiger partial charge in [0.15, 0.2) is 0 Å². The van der Waals surface area contributed by atoms with Crippen molar-refractivity contribution in [1.29, 1.82) is 0 Å². The minimum Gasteiger partial charge on any atom is -0.298 e. The van der Waals surface area contributed by atoms with Crippen molar-refractivity contribution in [2.24, 2.45) is 5.92 Å². The first kappa shape index (κ1) is 8.98. The van der Waals surface area contributed by atoms with Gasteiger partial charge in [-0.1, -0.05) is 37.3 Å². The van der Waals surface area contributed by atoms with Gasteiger partial charge in [-0.05, 0) is 18.8 Å².